The lowest BCUT2D eigenvalue weighted by atomic mass is 10.1. The van der Waals surface area contributed by atoms with Gasteiger partial charge in [-0.25, -0.2) is 9.29 Å². The quantitative estimate of drug-likeness (QED) is 0.795. The van der Waals surface area contributed by atoms with Crippen LogP contribution in [0.5, 0.6) is 0 Å². The van der Waals surface area contributed by atoms with Crippen molar-refractivity contribution in [3.05, 3.63) is 30.1 Å². The van der Waals surface area contributed by atoms with E-state index in [0.29, 0.717) is 25.3 Å². The third-order valence-electron chi connectivity index (χ3n) is 4.47. The number of carbonyl (C=O) groups excluding carboxylic acids is 2. The van der Waals surface area contributed by atoms with E-state index in [0.717, 1.165) is 18.0 Å². The maximum Gasteiger partial charge on any atom is 0.251 e. The van der Waals surface area contributed by atoms with Gasteiger partial charge in [0.05, 0.1) is 24.8 Å². The molecule has 0 bridgehead atoms. The molecular formula is C16H20FN3O3. The average molecular weight is 321 g/mol. The van der Waals surface area contributed by atoms with Crippen molar-refractivity contribution in [2.45, 2.75) is 12.5 Å². The van der Waals surface area contributed by atoms with E-state index in [9.17, 15) is 14.0 Å². The molecule has 23 heavy (non-hydrogen) atoms. The minimum atomic E-state index is -0.441. The van der Waals surface area contributed by atoms with E-state index in [-0.39, 0.29) is 24.8 Å². The van der Waals surface area contributed by atoms with Gasteiger partial charge in [0.1, 0.15) is 5.82 Å². The molecule has 7 heteroatoms. The van der Waals surface area contributed by atoms with Crippen LogP contribution in [0.25, 0.3) is 0 Å². The third-order valence-corrected chi connectivity index (χ3v) is 4.47. The van der Waals surface area contributed by atoms with Crippen LogP contribution >= 0.6 is 0 Å². The molecule has 1 atom stereocenters. The molecule has 1 N–H and O–H groups in total. The first kappa shape index (κ1) is 16.0. The van der Waals surface area contributed by atoms with E-state index < -0.39 is 11.9 Å². The van der Waals surface area contributed by atoms with Crippen LogP contribution in [-0.2, 0) is 9.59 Å². The zero-order valence-corrected chi connectivity index (χ0v) is 12.8. The van der Waals surface area contributed by atoms with Crippen molar-refractivity contribution in [3.63, 3.8) is 0 Å². The number of benzene rings is 1. The number of carbonyl (C=O) groups is 2. The molecule has 3 rings (SSSR count). The Hall–Kier alpha value is -1.83. The predicted octanol–water partition coefficient (Wildman–Crippen LogP) is 0.0675. The Labute approximate surface area is 134 Å². The first-order valence-corrected chi connectivity index (χ1v) is 7.80. The molecule has 6 nitrogen and oxygen atoms in total. The molecule has 2 aliphatic rings. The van der Waals surface area contributed by atoms with Crippen molar-refractivity contribution in [2.24, 2.45) is 0 Å². The highest BCUT2D eigenvalue weighted by atomic mass is 19.1. The normalized spacial score (nSPS) is 23.7. The molecule has 2 saturated heterocycles. The SMILES string of the molecule is O=C1C[C@@H](N2CCN(CCO)CC2)C(=O)N1c1ccc(F)cc1. The lowest BCUT2D eigenvalue weighted by Crippen LogP contribution is -2.52. The molecule has 0 aliphatic carbocycles. The van der Waals surface area contributed by atoms with Crippen molar-refractivity contribution in [1.29, 1.82) is 0 Å². The smallest absolute Gasteiger partial charge is 0.251 e. The number of amides is 2. The Kier molecular flexibility index (Phi) is 4.70. The van der Waals surface area contributed by atoms with Crippen molar-refractivity contribution in [1.82, 2.24) is 9.80 Å². The summed E-state index contributed by atoms with van der Waals surface area (Å²) < 4.78 is 13.0. The van der Waals surface area contributed by atoms with Crippen LogP contribution in [0, 0.1) is 5.82 Å². The van der Waals surface area contributed by atoms with Gasteiger partial charge in [-0.2, -0.15) is 0 Å². The number of hydrogen-bond acceptors (Lipinski definition) is 5. The van der Waals surface area contributed by atoms with Crippen LogP contribution in [0.1, 0.15) is 6.42 Å². The number of rotatable bonds is 4. The van der Waals surface area contributed by atoms with E-state index in [2.05, 4.69) is 4.90 Å². The first-order valence-electron chi connectivity index (χ1n) is 7.80. The zero-order chi connectivity index (χ0) is 16.4. The van der Waals surface area contributed by atoms with Gasteiger partial charge in [-0.05, 0) is 24.3 Å². The highest BCUT2D eigenvalue weighted by Gasteiger charge is 2.43. The molecule has 0 aromatic heterocycles. The van der Waals surface area contributed by atoms with E-state index in [1.807, 2.05) is 4.90 Å². The van der Waals surface area contributed by atoms with E-state index in [1.165, 1.54) is 24.3 Å². The molecule has 124 valence electrons. The number of anilines is 1. The molecule has 0 radical (unpaired) electrons. The minimum absolute atomic E-state index is 0.124. The van der Waals surface area contributed by atoms with Crippen molar-refractivity contribution in [2.75, 3.05) is 44.2 Å². The Morgan fingerprint density at radius 2 is 1.74 bits per heavy atom. The second kappa shape index (κ2) is 6.74. The number of β-amino-alcohol motifs (C(OH)–C–C–N with tert-alkyl or cyclic N) is 1. The van der Waals surface area contributed by atoms with Crippen LogP contribution in [0.3, 0.4) is 0 Å². The highest BCUT2D eigenvalue weighted by molar-refractivity contribution is 6.22. The molecule has 0 spiro atoms. The maximum absolute atomic E-state index is 13.0. The molecule has 2 amide bonds. The van der Waals surface area contributed by atoms with Gasteiger partial charge in [0.2, 0.25) is 5.91 Å². The van der Waals surface area contributed by atoms with Gasteiger partial charge in [0, 0.05) is 32.7 Å². The zero-order valence-electron chi connectivity index (χ0n) is 12.8. The Morgan fingerprint density at radius 1 is 1.09 bits per heavy atom. The van der Waals surface area contributed by atoms with E-state index >= 15 is 0 Å². The summed E-state index contributed by atoms with van der Waals surface area (Å²) in [7, 11) is 0. The van der Waals surface area contributed by atoms with Crippen LogP contribution in [-0.4, -0.2) is 72.1 Å². The van der Waals surface area contributed by atoms with Crippen molar-refractivity contribution in [3.8, 4) is 0 Å². The monoisotopic (exact) mass is 321 g/mol. The van der Waals surface area contributed by atoms with E-state index in [1.54, 1.807) is 0 Å². The van der Waals surface area contributed by atoms with Gasteiger partial charge < -0.3 is 5.11 Å². The summed E-state index contributed by atoms with van der Waals surface area (Å²) in [6.45, 7) is 3.69. The minimum Gasteiger partial charge on any atom is -0.395 e. The number of piperazine rings is 1. The van der Waals surface area contributed by atoms with Crippen LogP contribution in [0.2, 0.25) is 0 Å². The Balaban J connectivity index is 1.68. The van der Waals surface area contributed by atoms with Gasteiger partial charge in [-0.3, -0.25) is 19.4 Å². The molecule has 0 unspecified atom stereocenters. The van der Waals surface area contributed by atoms with Gasteiger partial charge in [-0.1, -0.05) is 0 Å². The van der Waals surface area contributed by atoms with Gasteiger partial charge in [0.25, 0.3) is 5.91 Å². The average Bonchev–Trinajstić information content (AvgIpc) is 2.84. The number of halogens is 1. The highest BCUT2D eigenvalue weighted by Crippen LogP contribution is 2.26. The number of hydrogen-bond donors (Lipinski definition) is 1. The Bertz CT molecular complexity index is 585. The molecule has 2 heterocycles. The maximum atomic E-state index is 13.0. The van der Waals surface area contributed by atoms with Gasteiger partial charge in [-0.15, -0.1) is 0 Å². The fraction of sp³-hybridized carbons (Fsp3) is 0.500. The summed E-state index contributed by atoms with van der Waals surface area (Å²) in [6.07, 6.45) is 0.163. The fourth-order valence-electron chi connectivity index (χ4n) is 3.20. The first-order chi connectivity index (χ1) is 11.1. The summed E-state index contributed by atoms with van der Waals surface area (Å²) in [4.78, 5) is 30.2. The summed E-state index contributed by atoms with van der Waals surface area (Å²) >= 11 is 0. The molecule has 1 aromatic carbocycles. The largest absolute Gasteiger partial charge is 0.395 e. The van der Waals surface area contributed by atoms with E-state index in [4.69, 9.17) is 5.11 Å². The summed E-state index contributed by atoms with van der Waals surface area (Å²) in [6, 6.07) is 4.96. The lowest BCUT2D eigenvalue weighted by Gasteiger charge is -2.36. The third kappa shape index (κ3) is 3.26. The molecule has 2 aliphatic heterocycles. The number of imide groups is 1. The summed E-state index contributed by atoms with van der Waals surface area (Å²) in [5.41, 5.74) is 0.419. The lowest BCUT2D eigenvalue weighted by molar-refractivity contribution is -0.123. The summed E-state index contributed by atoms with van der Waals surface area (Å²) in [5, 5.41) is 8.97. The topological polar surface area (TPSA) is 64.1 Å². The molecule has 2 fully saturated rings. The van der Waals surface area contributed by atoms with Crippen LogP contribution in [0.4, 0.5) is 10.1 Å². The summed E-state index contributed by atoms with van der Waals surface area (Å²) in [5.74, 6) is -0.883. The second-order valence-electron chi connectivity index (χ2n) is 5.86. The van der Waals surface area contributed by atoms with Gasteiger partial charge >= 0.3 is 0 Å². The van der Waals surface area contributed by atoms with Crippen molar-refractivity contribution >= 4 is 17.5 Å². The van der Waals surface area contributed by atoms with Crippen LogP contribution < -0.4 is 4.90 Å². The standard InChI is InChI=1S/C16H20FN3O3/c17-12-1-3-13(4-2-12)20-15(22)11-14(16(20)23)19-7-5-18(6-8-19)9-10-21/h1-4,14,21H,5-11H2/t14-/m1/s1. The molecule has 1 aromatic rings. The number of aliphatic hydroxyl groups is 1. The molecular weight excluding hydrogens is 301 g/mol. The van der Waals surface area contributed by atoms with Crippen molar-refractivity contribution < 1.29 is 19.1 Å². The second-order valence-corrected chi connectivity index (χ2v) is 5.86. The number of nitrogens with zero attached hydrogens (tertiary/aromatic N) is 3. The van der Waals surface area contributed by atoms with Gasteiger partial charge in [0.15, 0.2) is 0 Å². The fourth-order valence-corrected chi connectivity index (χ4v) is 3.20. The predicted molar refractivity (Wildman–Crippen MR) is 82.4 cm³/mol. The number of aliphatic hydroxyl groups excluding tert-OH is 1. The Morgan fingerprint density at radius 3 is 2.35 bits per heavy atom. The molecule has 0 saturated carbocycles. The van der Waals surface area contributed by atoms with Crippen LogP contribution in [0.15, 0.2) is 24.3 Å².